The van der Waals surface area contributed by atoms with Crippen LogP contribution in [0.4, 0.5) is 0 Å². The van der Waals surface area contributed by atoms with E-state index >= 15 is 0 Å². The average molecular weight is 422 g/mol. The molecule has 14 nitrogen and oxygen atoms in total. The molecule has 160 valence electrons. The van der Waals surface area contributed by atoms with E-state index in [1.54, 1.807) is 0 Å². The topological polar surface area (TPSA) is 236 Å². The summed E-state index contributed by atoms with van der Waals surface area (Å²) in [6.07, 6.45) is -17.3. The van der Waals surface area contributed by atoms with Crippen molar-refractivity contribution in [3.05, 3.63) is 0 Å². The van der Waals surface area contributed by atoms with Crippen molar-refractivity contribution in [3.63, 3.8) is 0 Å². The molecule has 10 atom stereocenters. The van der Waals surface area contributed by atoms with Crippen LogP contribution in [0.25, 0.3) is 0 Å². The maximum absolute atomic E-state index is 10.9. The molecule has 2 fully saturated rings. The lowest BCUT2D eigenvalue weighted by atomic mass is 9.97. The Morgan fingerprint density at radius 3 is 1.78 bits per heavy atom. The van der Waals surface area contributed by atoms with Crippen LogP contribution >= 0.6 is 7.82 Å². The molecule has 0 aromatic heterocycles. The summed E-state index contributed by atoms with van der Waals surface area (Å²) in [5.41, 5.74) is 0. The van der Waals surface area contributed by atoms with Crippen LogP contribution in [0.1, 0.15) is 0 Å². The number of hydrogen-bond donors (Lipinski definition) is 9. The van der Waals surface area contributed by atoms with Crippen LogP contribution in [0, 0.1) is 0 Å². The fourth-order valence-electron chi connectivity index (χ4n) is 2.78. The van der Waals surface area contributed by atoms with Crippen molar-refractivity contribution in [2.45, 2.75) is 61.4 Å². The highest BCUT2D eigenvalue weighted by Crippen LogP contribution is 2.41. The Morgan fingerprint density at radius 1 is 0.741 bits per heavy atom. The van der Waals surface area contributed by atoms with Crippen molar-refractivity contribution >= 4 is 7.82 Å². The highest BCUT2D eigenvalue weighted by Gasteiger charge is 2.51. The van der Waals surface area contributed by atoms with Gasteiger partial charge in [-0.3, -0.25) is 4.52 Å². The summed E-state index contributed by atoms with van der Waals surface area (Å²) >= 11 is 0. The van der Waals surface area contributed by atoms with Gasteiger partial charge in [0, 0.05) is 0 Å². The minimum Gasteiger partial charge on any atom is -0.394 e. The summed E-state index contributed by atoms with van der Waals surface area (Å²) in [6, 6.07) is 0. The van der Waals surface area contributed by atoms with E-state index < -0.39 is 82.4 Å². The van der Waals surface area contributed by atoms with Gasteiger partial charge in [0.2, 0.25) is 0 Å². The number of phosphoric acid groups is 1. The first kappa shape index (κ1) is 23.0. The van der Waals surface area contributed by atoms with Crippen LogP contribution in [0.15, 0.2) is 0 Å². The van der Waals surface area contributed by atoms with Gasteiger partial charge in [-0.1, -0.05) is 0 Å². The van der Waals surface area contributed by atoms with E-state index in [4.69, 9.17) is 29.1 Å². The lowest BCUT2D eigenvalue weighted by molar-refractivity contribution is -0.353. The molecule has 0 aromatic carbocycles. The molecule has 9 N–H and O–H groups in total. The zero-order valence-electron chi connectivity index (χ0n) is 13.7. The van der Waals surface area contributed by atoms with E-state index in [1.807, 2.05) is 0 Å². The normalized spacial score (nSPS) is 46.4. The van der Waals surface area contributed by atoms with Gasteiger partial charge in [0.25, 0.3) is 0 Å². The Balaban J connectivity index is 2.14. The number of aliphatic hydroxyl groups is 7. The molecule has 0 amide bonds. The lowest BCUT2D eigenvalue weighted by Gasteiger charge is -2.45. The van der Waals surface area contributed by atoms with Gasteiger partial charge in [-0.15, -0.1) is 0 Å². The first-order chi connectivity index (χ1) is 12.5. The molecule has 0 spiro atoms. The van der Waals surface area contributed by atoms with Gasteiger partial charge in [0.1, 0.15) is 48.8 Å². The number of rotatable bonds is 6. The molecule has 0 aliphatic carbocycles. The monoisotopic (exact) mass is 422 g/mol. The maximum atomic E-state index is 10.9. The van der Waals surface area contributed by atoms with Crippen LogP contribution < -0.4 is 0 Å². The molecule has 2 rings (SSSR count). The average Bonchev–Trinajstić information content (AvgIpc) is 2.60. The Morgan fingerprint density at radius 2 is 1.26 bits per heavy atom. The fraction of sp³-hybridized carbons (Fsp3) is 1.00. The van der Waals surface area contributed by atoms with Gasteiger partial charge >= 0.3 is 7.82 Å². The lowest BCUT2D eigenvalue weighted by Crippen LogP contribution is -2.64. The maximum Gasteiger partial charge on any atom is 0.472 e. The van der Waals surface area contributed by atoms with Crippen molar-refractivity contribution in [1.29, 1.82) is 0 Å². The second kappa shape index (κ2) is 9.02. The summed E-state index contributed by atoms with van der Waals surface area (Å²) in [6.45, 7) is -1.59. The number of aliphatic hydroxyl groups excluding tert-OH is 7. The number of hydrogen-bond acceptors (Lipinski definition) is 12. The van der Waals surface area contributed by atoms with Crippen LogP contribution in [0.2, 0.25) is 0 Å². The molecule has 2 saturated heterocycles. The molecular weight excluding hydrogens is 399 g/mol. The summed E-state index contributed by atoms with van der Waals surface area (Å²) in [4.78, 5) is 17.6. The fourth-order valence-corrected chi connectivity index (χ4v) is 3.22. The van der Waals surface area contributed by atoms with Crippen molar-refractivity contribution in [2.75, 3.05) is 13.2 Å². The van der Waals surface area contributed by atoms with Gasteiger partial charge < -0.3 is 59.7 Å². The molecule has 0 bridgehead atoms. The van der Waals surface area contributed by atoms with E-state index in [9.17, 15) is 35.2 Å². The molecule has 0 aromatic rings. The Labute approximate surface area is 152 Å². The zero-order chi connectivity index (χ0) is 20.5. The molecule has 0 radical (unpaired) electrons. The third kappa shape index (κ3) is 5.20. The molecular formula is C12H23O14P. The van der Waals surface area contributed by atoms with E-state index in [0.717, 1.165) is 0 Å². The number of ether oxygens (including phenoxy) is 3. The SMILES string of the molecule is O=P(O)(O)OC1OC(CO)C(OC2OC(CO)C(O)C(O)C2O)C(O)C1O. The highest BCUT2D eigenvalue weighted by atomic mass is 31.2. The minimum absolute atomic E-state index is 0.737. The first-order valence-electron chi connectivity index (χ1n) is 7.82. The van der Waals surface area contributed by atoms with Gasteiger partial charge in [0.15, 0.2) is 12.6 Å². The standard InChI is InChI=1S/C12H23O14P/c13-1-3-5(15)6(16)8(18)11(23-3)25-10-4(2-14)24-12(9(19)7(10)17)26-27(20,21)22/h3-19H,1-2H2,(H2,20,21,22). The van der Waals surface area contributed by atoms with Crippen molar-refractivity contribution in [1.82, 2.24) is 0 Å². The Kier molecular flexibility index (Phi) is 7.68. The minimum atomic E-state index is -5.10. The molecule has 0 saturated carbocycles. The third-order valence-electron chi connectivity index (χ3n) is 4.20. The van der Waals surface area contributed by atoms with Crippen LogP contribution in [0.5, 0.6) is 0 Å². The van der Waals surface area contributed by atoms with Gasteiger partial charge in [-0.2, -0.15) is 0 Å². The molecule has 2 heterocycles. The van der Waals surface area contributed by atoms with Crippen molar-refractivity contribution in [3.8, 4) is 0 Å². The zero-order valence-corrected chi connectivity index (χ0v) is 14.6. The van der Waals surface area contributed by atoms with E-state index in [-0.39, 0.29) is 0 Å². The third-order valence-corrected chi connectivity index (χ3v) is 4.68. The highest BCUT2D eigenvalue weighted by molar-refractivity contribution is 7.46. The van der Waals surface area contributed by atoms with Gasteiger partial charge in [0.05, 0.1) is 13.2 Å². The van der Waals surface area contributed by atoms with E-state index in [1.165, 1.54) is 0 Å². The molecule has 10 unspecified atom stereocenters. The van der Waals surface area contributed by atoms with Gasteiger partial charge in [-0.25, -0.2) is 4.57 Å². The second-order valence-corrected chi connectivity index (χ2v) is 7.29. The predicted octanol–water partition coefficient (Wildman–Crippen LogP) is -5.28. The number of phosphoric ester groups is 1. The van der Waals surface area contributed by atoms with E-state index in [0.29, 0.717) is 0 Å². The van der Waals surface area contributed by atoms with Crippen LogP contribution in [0.3, 0.4) is 0 Å². The van der Waals surface area contributed by atoms with Crippen molar-refractivity contribution < 1.29 is 68.8 Å². The largest absolute Gasteiger partial charge is 0.472 e. The van der Waals surface area contributed by atoms with Crippen LogP contribution in [-0.4, -0.2) is 120 Å². The Hall–Kier alpha value is -0.290. The van der Waals surface area contributed by atoms with Crippen molar-refractivity contribution in [2.24, 2.45) is 0 Å². The summed E-state index contributed by atoms with van der Waals surface area (Å²) in [5, 5.41) is 68.0. The summed E-state index contributed by atoms with van der Waals surface area (Å²) in [7, 11) is -5.10. The van der Waals surface area contributed by atoms with E-state index in [2.05, 4.69) is 4.52 Å². The summed E-state index contributed by atoms with van der Waals surface area (Å²) in [5.74, 6) is 0. The molecule has 15 heteroatoms. The molecule has 2 aliphatic rings. The molecule has 2 aliphatic heterocycles. The van der Waals surface area contributed by atoms with Gasteiger partial charge in [-0.05, 0) is 0 Å². The first-order valence-corrected chi connectivity index (χ1v) is 9.35. The summed E-state index contributed by atoms with van der Waals surface area (Å²) < 4.78 is 30.4. The smallest absolute Gasteiger partial charge is 0.394 e. The second-order valence-electron chi connectivity index (χ2n) is 6.10. The predicted molar refractivity (Wildman–Crippen MR) is 79.5 cm³/mol. The Bertz CT molecular complexity index is 524. The van der Waals surface area contributed by atoms with Crippen LogP contribution in [-0.2, 0) is 23.3 Å². The quantitative estimate of drug-likeness (QED) is 0.182. The molecule has 27 heavy (non-hydrogen) atoms.